The first kappa shape index (κ1) is 2.61. The molecule has 0 aromatic carbocycles. The molecule has 1 N–H and O–H groups in total. The predicted molar refractivity (Wildman–Crippen MR) is 68.3 cm³/mol. The number of hydrogen-bond acceptors (Lipinski definition) is 1. The number of aliphatic hydroxyl groups is 1. The van der Waals surface area contributed by atoms with E-state index < -0.39 is 94.5 Å². The van der Waals surface area contributed by atoms with Gasteiger partial charge in [0.25, 0.3) is 0 Å². The van der Waals surface area contributed by atoms with Crippen LogP contribution in [0, 0.1) is 17.7 Å². The van der Waals surface area contributed by atoms with Gasteiger partial charge in [0.1, 0.15) is 0 Å². The Hall–Kier alpha value is -0.0400. The molecule has 0 spiro atoms. The van der Waals surface area contributed by atoms with E-state index in [0.717, 1.165) is 0 Å². The molecule has 1 heteroatoms. The van der Waals surface area contributed by atoms with Crippen molar-refractivity contribution in [2.45, 2.75) is 70.2 Å². The zero-order chi connectivity index (χ0) is 29.1. The van der Waals surface area contributed by atoms with E-state index in [-0.39, 0.29) is 0 Å². The summed E-state index contributed by atoms with van der Waals surface area (Å²) < 4.78 is 165. The van der Waals surface area contributed by atoms with E-state index in [1.807, 2.05) is 0 Å². The quantitative estimate of drug-likeness (QED) is 0.788. The normalized spacial score (nSPS) is 95.6. The fraction of sp³-hybridized carbons (Fsp3) is 1.00. The van der Waals surface area contributed by atoms with Crippen molar-refractivity contribution < 1.29 is 32.5 Å². The fourth-order valence-corrected chi connectivity index (χ4v) is 1.56. The van der Waals surface area contributed by atoms with Gasteiger partial charge in [0.15, 0.2) is 0 Å². The minimum atomic E-state index is -3.94. The zero-order valence-electron chi connectivity index (χ0n) is 28.6. The standard InChI is InChI=1S/C15H28O/c16-12-11-15(13-7-3-1-4-8-13)14-9-5-2-6-10-14/h13-16H,1-12H2/i1D2,2D2,3D2,4D2,5D2,6D2,7D,8D2,9D,10D2,13D,14D. The Labute approximate surface area is 129 Å². The number of rotatable bonds is 4. The third kappa shape index (κ3) is 3.23. The summed E-state index contributed by atoms with van der Waals surface area (Å²) in [5.74, 6) is -10.1. The largest absolute Gasteiger partial charge is 0.396 e. The average molecular weight is 245 g/mol. The molecule has 0 radical (unpaired) electrons. The number of hydrogen-bond donors (Lipinski definition) is 1. The van der Waals surface area contributed by atoms with E-state index in [1.54, 1.807) is 0 Å². The molecule has 2 fully saturated rings. The summed E-state index contributed by atoms with van der Waals surface area (Å²) in [4.78, 5) is 0. The number of aliphatic hydroxyl groups excluding tert-OH is 1. The third-order valence-corrected chi connectivity index (χ3v) is 2.31. The Balaban J connectivity index is 3.06. The van der Waals surface area contributed by atoms with E-state index in [1.165, 1.54) is 0 Å². The van der Waals surface area contributed by atoms with Crippen LogP contribution in [0.1, 0.15) is 97.6 Å². The highest BCUT2D eigenvalue weighted by atomic mass is 16.3. The second-order valence-corrected chi connectivity index (χ2v) is 3.30. The fourth-order valence-electron chi connectivity index (χ4n) is 1.56. The Kier molecular flexibility index (Phi) is 1.08. The van der Waals surface area contributed by atoms with Crippen molar-refractivity contribution in [2.24, 2.45) is 17.7 Å². The molecule has 16 heavy (non-hydrogen) atoms. The lowest BCUT2D eigenvalue weighted by Crippen LogP contribution is -2.28. The van der Waals surface area contributed by atoms with Crippen LogP contribution in [0.5, 0.6) is 0 Å². The highest BCUT2D eigenvalue weighted by Crippen LogP contribution is 2.41. The molecule has 1 nitrogen and oxygen atoms in total. The topological polar surface area (TPSA) is 20.2 Å². The predicted octanol–water partition coefficient (Wildman–Crippen LogP) is 4.15. The molecule has 2 rings (SSSR count). The van der Waals surface area contributed by atoms with E-state index in [2.05, 4.69) is 0 Å². The van der Waals surface area contributed by atoms with Gasteiger partial charge in [-0.1, -0.05) is 63.8 Å². The van der Waals surface area contributed by atoms with Crippen LogP contribution in [0.3, 0.4) is 0 Å². The molecule has 2 saturated carbocycles. The van der Waals surface area contributed by atoms with Crippen molar-refractivity contribution in [3.05, 3.63) is 0 Å². The molecule has 2 aliphatic carbocycles. The van der Waals surface area contributed by atoms with Gasteiger partial charge in [0.2, 0.25) is 0 Å². The van der Waals surface area contributed by atoms with Crippen LogP contribution in [0.2, 0.25) is 0 Å². The summed E-state index contributed by atoms with van der Waals surface area (Å²) in [6.07, 6.45) is -37.7. The van der Waals surface area contributed by atoms with Gasteiger partial charge in [-0.2, -0.15) is 0 Å². The highest BCUT2D eigenvalue weighted by molar-refractivity contribution is 4.81. The Morgan fingerprint density at radius 3 is 2.06 bits per heavy atom. The van der Waals surface area contributed by atoms with E-state index in [4.69, 9.17) is 27.4 Å². The first-order valence-electron chi connectivity index (χ1n) is 15.1. The lowest BCUT2D eigenvalue weighted by Gasteiger charge is -2.37. The highest BCUT2D eigenvalue weighted by Gasteiger charge is 2.30. The van der Waals surface area contributed by atoms with Crippen molar-refractivity contribution in [3.63, 3.8) is 0 Å². The summed E-state index contributed by atoms with van der Waals surface area (Å²) in [5, 5.41) is 9.71. The monoisotopic (exact) mass is 244 g/mol. The first-order chi connectivity index (χ1) is 15.5. The van der Waals surface area contributed by atoms with Crippen LogP contribution in [0.4, 0.5) is 0 Å². The summed E-state index contributed by atoms with van der Waals surface area (Å²) in [5.41, 5.74) is 0. The van der Waals surface area contributed by atoms with Gasteiger partial charge < -0.3 is 5.11 Å². The van der Waals surface area contributed by atoms with Crippen molar-refractivity contribution >= 4 is 0 Å². The van der Waals surface area contributed by atoms with Crippen LogP contribution in [0.15, 0.2) is 0 Å². The van der Waals surface area contributed by atoms with Gasteiger partial charge in [0.05, 0.1) is 0 Å². The summed E-state index contributed by atoms with van der Waals surface area (Å²) in [6, 6.07) is 0. The molecule has 2 aliphatic rings. The SMILES string of the molecule is [2H]C1C([2H])([2H])C([2H])([2H])C([2H])([2H])C([2H])([2H])C1([2H])C(CCO)C1([2H])C([2H])C([2H])([2H])C([2H])([2H])C([2H])([2H])C1([2H])[2H]. The molecular formula is C15H28O. The molecule has 4 unspecified atom stereocenters. The van der Waals surface area contributed by atoms with Gasteiger partial charge >= 0.3 is 0 Å². The minimum absolute atomic E-state index is 1.14. The molecule has 94 valence electrons. The van der Waals surface area contributed by atoms with Crippen LogP contribution in [0.25, 0.3) is 0 Å². The summed E-state index contributed by atoms with van der Waals surface area (Å²) in [6.45, 7) is -1.16. The van der Waals surface area contributed by atoms with Crippen molar-refractivity contribution in [3.8, 4) is 0 Å². The van der Waals surface area contributed by atoms with Crippen LogP contribution in [-0.2, 0) is 0 Å². The van der Waals surface area contributed by atoms with Crippen molar-refractivity contribution in [1.29, 1.82) is 0 Å². The lowest BCUT2D eigenvalue weighted by atomic mass is 9.68. The van der Waals surface area contributed by atoms with Gasteiger partial charge in [-0.15, -0.1) is 0 Å². The van der Waals surface area contributed by atoms with Crippen molar-refractivity contribution in [2.75, 3.05) is 6.61 Å². The van der Waals surface area contributed by atoms with Crippen LogP contribution < -0.4 is 0 Å². The maximum absolute atomic E-state index is 9.71. The Morgan fingerprint density at radius 1 is 1.00 bits per heavy atom. The van der Waals surface area contributed by atoms with Gasteiger partial charge in [-0.05, 0) is 24.1 Å². The average Bonchev–Trinajstić information content (AvgIpc) is 2.72. The maximum atomic E-state index is 9.71. The summed E-state index contributed by atoms with van der Waals surface area (Å²) >= 11 is 0. The van der Waals surface area contributed by atoms with Gasteiger partial charge in [-0.3, -0.25) is 0 Å². The summed E-state index contributed by atoms with van der Waals surface area (Å²) in [7, 11) is 0. The molecule has 4 atom stereocenters. The van der Waals surface area contributed by atoms with E-state index in [9.17, 15) is 5.11 Å². The second-order valence-electron chi connectivity index (χ2n) is 3.30. The third-order valence-electron chi connectivity index (χ3n) is 2.31. The second kappa shape index (κ2) is 6.64. The molecule has 0 amide bonds. The maximum Gasteiger partial charge on any atom is 0.0433 e. The Morgan fingerprint density at radius 2 is 1.56 bits per heavy atom. The molecule has 0 aromatic heterocycles. The molecule has 0 bridgehead atoms. The molecule has 0 saturated heterocycles. The molecule has 0 aliphatic heterocycles. The first-order valence-corrected chi connectivity index (χ1v) is 4.96. The smallest absolute Gasteiger partial charge is 0.0433 e. The van der Waals surface area contributed by atoms with Crippen LogP contribution in [-0.4, -0.2) is 11.7 Å². The van der Waals surface area contributed by atoms with Crippen molar-refractivity contribution in [1.82, 2.24) is 0 Å². The van der Waals surface area contributed by atoms with Gasteiger partial charge in [-0.25, -0.2) is 0 Å². The van der Waals surface area contributed by atoms with Crippen LogP contribution >= 0.6 is 0 Å². The lowest BCUT2D eigenvalue weighted by molar-refractivity contribution is 0.111. The zero-order valence-corrected chi connectivity index (χ0v) is 8.59. The molecule has 0 aromatic rings. The molecular weight excluding hydrogens is 196 g/mol. The Bertz CT molecular complexity index is 814. The minimum Gasteiger partial charge on any atom is -0.396 e. The van der Waals surface area contributed by atoms with E-state index >= 15 is 0 Å². The van der Waals surface area contributed by atoms with Gasteiger partial charge in [0, 0.05) is 34.0 Å². The van der Waals surface area contributed by atoms with E-state index in [0.29, 0.717) is 0 Å². The molecule has 0 heterocycles.